The van der Waals surface area contributed by atoms with Gasteiger partial charge < -0.3 is 10.6 Å². The lowest BCUT2D eigenvalue weighted by molar-refractivity contribution is -0.130. The number of rotatable bonds is 5. The van der Waals surface area contributed by atoms with Crippen LogP contribution in [0, 0.1) is 0 Å². The van der Waals surface area contributed by atoms with Gasteiger partial charge in [0.2, 0.25) is 5.91 Å². The van der Waals surface area contributed by atoms with Crippen LogP contribution in [0.2, 0.25) is 0 Å². The second-order valence-electron chi connectivity index (χ2n) is 4.96. The van der Waals surface area contributed by atoms with Gasteiger partial charge in [0, 0.05) is 23.2 Å². The number of nitrogens with two attached hydrogens (primary N) is 1. The number of likely N-dealkylation sites (N-methyl/N-ethyl adjacent to an activating group) is 1. The molecule has 2 N–H and O–H groups in total. The number of carbonyl (C=O) groups excluding carboxylic acids is 1. The van der Waals surface area contributed by atoms with E-state index in [4.69, 9.17) is 5.73 Å². The third-order valence-corrected chi connectivity index (χ3v) is 3.86. The summed E-state index contributed by atoms with van der Waals surface area (Å²) in [5.74, 6) is 0.127. The van der Waals surface area contributed by atoms with Gasteiger partial charge in [-0.15, -0.1) is 0 Å². The van der Waals surface area contributed by atoms with Crippen LogP contribution in [0.3, 0.4) is 0 Å². The molecule has 0 spiro atoms. The fourth-order valence-corrected chi connectivity index (χ4v) is 2.44. The quantitative estimate of drug-likeness (QED) is 0.840. The van der Waals surface area contributed by atoms with Gasteiger partial charge >= 0.3 is 0 Å². The molecule has 2 aromatic carbocycles. The summed E-state index contributed by atoms with van der Waals surface area (Å²) in [6.45, 7) is 3.27. The van der Waals surface area contributed by atoms with E-state index < -0.39 is 0 Å². The Morgan fingerprint density at radius 3 is 2.48 bits per heavy atom. The molecule has 0 saturated carbocycles. The Morgan fingerprint density at radius 1 is 1.14 bits per heavy atom. The molecule has 2 aromatic rings. The molecule has 3 nitrogen and oxygen atoms in total. The fourth-order valence-electron chi connectivity index (χ4n) is 2.18. The van der Waals surface area contributed by atoms with E-state index in [9.17, 15) is 4.79 Å². The van der Waals surface area contributed by atoms with Crippen molar-refractivity contribution in [1.82, 2.24) is 4.90 Å². The summed E-state index contributed by atoms with van der Waals surface area (Å²) in [5.41, 5.74) is 8.59. The zero-order valence-electron chi connectivity index (χ0n) is 12.1. The molecular formula is C17H19BrN2O. The van der Waals surface area contributed by atoms with E-state index >= 15 is 0 Å². The van der Waals surface area contributed by atoms with E-state index in [1.165, 1.54) is 0 Å². The van der Waals surface area contributed by atoms with Crippen molar-refractivity contribution in [2.45, 2.75) is 19.9 Å². The normalized spacial score (nSPS) is 10.4. The van der Waals surface area contributed by atoms with Gasteiger partial charge in [0.1, 0.15) is 0 Å². The van der Waals surface area contributed by atoms with Crippen LogP contribution < -0.4 is 5.73 Å². The van der Waals surface area contributed by atoms with E-state index in [0.717, 1.165) is 21.3 Å². The summed E-state index contributed by atoms with van der Waals surface area (Å²) in [5, 5.41) is 0. The predicted molar refractivity (Wildman–Crippen MR) is 89.8 cm³/mol. The van der Waals surface area contributed by atoms with E-state index in [1.54, 1.807) is 0 Å². The average molecular weight is 347 g/mol. The van der Waals surface area contributed by atoms with Gasteiger partial charge in [-0.05, 0) is 42.3 Å². The molecule has 0 atom stereocenters. The Bertz CT molecular complexity index is 610. The van der Waals surface area contributed by atoms with Crippen LogP contribution in [-0.2, 0) is 17.8 Å². The molecule has 0 aromatic heterocycles. The van der Waals surface area contributed by atoms with E-state index in [2.05, 4.69) is 15.9 Å². The minimum Gasteiger partial charge on any atom is -0.399 e. The van der Waals surface area contributed by atoms with Gasteiger partial charge in [-0.25, -0.2) is 0 Å². The second-order valence-corrected chi connectivity index (χ2v) is 5.87. The van der Waals surface area contributed by atoms with Crippen LogP contribution in [-0.4, -0.2) is 17.4 Å². The Labute approximate surface area is 133 Å². The molecule has 0 unspecified atom stereocenters. The van der Waals surface area contributed by atoms with Crippen LogP contribution in [0.15, 0.2) is 53.0 Å². The summed E-state index contributed by atoms with van der Waals surface area (Å²) < 4.78 is 1.02. The maximum absolute atomic E-state index is 12.4. The number of nitrogens with zero attached hydrogens (tertiary/aromatic N) is 1. The molecule has 0 heterocycles. The summed E-state index contributed by atoms with van der Waals surface area (Å²) in [7, 11) is 0. The van der Waals surface area contributed by atoms with Crippen molar-refractivity contribution in [2.24, 2.45) is 0 Å². The van der Waals surface area contributed by atoms with Crippen molar-refractivity contribution in [3.05, 3.63) is 64.1 Å². The first-order valence-electron chi connectivity index (χ1n) is 6.95. The molecule has 0 radical (unpaired) electrons. The predicted octanol–water partition coefficient (Wildman–Crippen LogP) is 3.62. The SMILES string of the molecule is CCN(Cc1cccc(N)c1)C(=O)Cc1ccc(Br)cc1. The summed E-state index contributed by atoms with van der Waals surface area (Å²) in [6.07, 6.45) is 0.420. The number of anilines is 1. The number of nitrogen functional groups attached to an aromatic ring is 1. The zero-order valence-corrected chi connectivity index (χ0v) is 13.6. The van der Waals surface area contributed by atoms with Gasteiger partial charge in [-0.1, -0.05) is 40.2 Å². The Kier molecular flexibility index (Phi) is 5.39. The smallest absolute Gasteiger partial charge is 0.227 e. The third-order valence-electron chi connectivity index (χ3n) is 3.33. The van der Waals surface area contributed by atoms with Crippen molar-refractivity contribution < 1.29 is 4.79 Å². The lowest BCUT2D eigenvalue weighted by Crippen LogP contribution is -2.31. The van der Waals surface area contributed by atoms with Crippen LogP contribution in [0.4, 0.5) is 5.69 Å². The highest BCUT2D eigenvalue weighted by atomic mass is 79.9. The third kappa shape index (κ3) is 4.60. The summed E-state index contributed by atoms with van der Waals surface area (Å²) in [6, 6.07) is 15.5. The monoisotopic (exact) mass is 346 g/mol. The summed E-state index contributed by atoms with van der Waals surface area (Å²) in [4.78, 5) is 14.2. The average Bonchev–Trinajstić information content (AvgIpc) is 2.47. The van der Waals surface area contributed by atoms with E-state index in [-0.39, 0.29) is 5.91 Å². The highest BCUT2D eigenvalue weighted by molar-refractivity contribution is 9.10. The van der Waals surface area contributed by atoms with Crippen molar-refractivity contribution in [3.63, 3.8) is 0 Å². The Morgan fingerprint density at radius 2 is 1.86 bits per heavy atom. The summed E-state index contributed by atoms with van der Waals surface area (Å²) >= 11 is 3.40. The van der Waals surface area contributed by atoms with E-state index in [1.807, 2.05) is 60.4 Å². The molecule has 0 aliphatic carbocycles. The van der Waals surface area contributed by atoms with E-state index in [0.29, 0.717) is 19.5 Å². The van der Waals surface area contributed by atoms with Gasteiger partial charge in [0.15, 0.2) is 0 Å². The number of hydrogen-bond donors (Lipinski definition) is 1. The first-order valence-corrected chi connectivity index (χ1v) is 7.74. The maximum atomic E-state index is 12.4. The molecule has 110 valence electrons. The first kappa shape index (κ1) is 15.6. The number of carbonyl (C=O) groups is 1. The molecule has 21 heavy (non-hydrogen) atoms. The number of amides is 1. The number of benzene rings is 2. The Balaban J connectivity index is 2.03. The highest BCUT2D eigenvalue weighted by Crippen LogP contribution is 2.13. The Hall–Kier alpha value is -1.81. The molecule has 0 aliphatic heterocycles. The van der Waals surface area contributed by atoms with Gasteiger partial charge in [0.25, 0.3) is 0 Å². The van der Waals surface area contributed by atoms with Gasteiger partial charge in [0.05, 0.1) is 6.42 Å². The second kappa shape index (κ2) is 7.27. The molecule has 1 amide bonds. The molecule has 0 saturated heterocycles. The van der Waals surface area contributed by atoms with Crippen molar-refractivity contribution >= 4 is 27.5 Å². The van der Waals surface area contributed by atoms with Crippen molar-refractivity contribution in [1.29, 1.82) is 0 Å². The molecular weight excluding hydrogens is 328 g/mol. The molecule has 0 aliphatic rings. The maximum Gasteiger partial charge on any atom is 0.227 e. The fraction of sp³-hybridized carbons (Fsp3) is 0.235. The van der Waals surface area contributed by atoms with Crippen molar-refractivity contribution in [2.75, 3.05) is 12.3 Å². The first-order chi connectivity index (χ1) is 10.1. The zero-order chi connectivity index (χ0) is 15.2. The lowest BCUT2D eigenvalue weighted by Gasteiger charge is -2.21. The van der Waals surface area contributed by atoms with Crippen LogP contribution in [0.5, 0.6) is 0 Å². The van der Waals surface area contributed by atoms with Gasteiger partial charge in [-0.2, -0.15) is 0 Å². The van der Waals surface area contributed by atoms with Gasteiger partial charge in [-0.3, -0.25) is 4.79 Å². The molecule has 0 bridgehead atoms. The van der Waals surface area contributed by atoms with Crippen molar-refractivity contribution in [3.8, 4) is 0 Å². The van der Waals surface area contributed by atoms with Crippen LogP contribution in [0.25, 0.3) is 0 Å². The largest absolute Gasteiger partial charge is 0.399 e. The number of halogens is 1. The minimum absolute atomic E-state index is 0.127. The van der Waals surface area contributed by atoms with Crippen LogP contribution >= 0.6 is 15.9 Å². The topological polar surface area (TPSA) is 46.3 Å². The minimum atomic E-state index is 0.127. The lowest BCUT2D eigenvalue weighted by atomic mass is 10.1. The highest BCUT2D eigenvalue weighted by Gasteiger charge is 2.13. The number of hydrogen-bond acceptors (Lipinski definition) is 2. The standard InChI is InChI=1S/C17H19BrN2O/c1-2-20(12-14-4-3-5-16(19)10-14)17(21)11-13-6-8-15(18)9-7-13/h3-10H,2,11-12,19H2,1H3. The molecule has 0 fully saturated rings. The van der Waals surface area contributed by atoms with Crippen LogP contribution in [0.1, 0.15) is 18.1 Å². The molecule has 4 heteroatoms. The molecule has 2 rings (SSSR count).